The van der Waals surface area contributed by atoms with Gasteiger partial charge in [0.2, 0.25) is 6.79 Å². The zero-order valence-corrected chi connectivity index (χ0v) is 16.0. The molecule has 0 bridgehead atoms. The minimum Gasteiger partial charge on any atom is -0.454 e. The monoisotopic (exact) mass is 392 g/mol. The molecule has 1 saturated heterocycles. The van der Waals surface area contributed by atoms with Crippen molar-refractivity contribution in [1.29, 1.82) is 0 Å². The van der Waals surface area contributed by atoms with E-state index in [1.165, 1.54) is 0 Å². The molecule has 2 aliphatic rings. The maximum Gasteiger partial charge on any atom is 0.293 e. The first-order valence-corrected chi connectivity index (χ1v) is 9.51. The van der Waals surface area contributed by atoms with E-state index in [0.717, 1.165) is 11.0 Å². The number of rotatable bonds is 2. The molecule has 0 N–H and O–H groups in total. The van der Waals surface area contributed by atoms with E-state index in [1.54, 1.807) is 34.7 Å². The molecule has 8 nitrogen and oxygen atoms in total. The summed E-state index contributed by atoms with van der Waals surface area (Å²) in [6, 6.07) is 12.8. The van der Waals surface area contributed by atoms with E-state index >= 15 is 0 Å². The van der Waals surface area contributed by atoms with Crippen LogP contribution in [0.15, 0.2) is 47.3 Å². The summed E-state index contributed by atoms with van der Waals surface area (Å²) < 4.78 is 12.3. The molecular weight excluding hydrogens is 372 g/mol. The van der Waals surface area contributed by atoms with Crippen molar-refractivity contribution < 1.29 is 14.3 Å². The van der Waals surface area contributed by atoms with Gasteiger partial charge in [0.1, 0.15) is 0 Å². The Bertz CT molecular complexity index is 1170. The Morgan fingerprint density at radius 2 is 1.76 bits per heavy atom. The Labute approximate surface area is 166 Å². The molecule has 8 heteroatoms. The smallest absolute Gasteiger partial charge is 0.293 e. The van der Waals surface area contributed by atoms with Crippen molar-refractivity contribution in [3.8, 4) is 11.5 Å². The van der Waals surface area contributed by atoms with Gasteiger partial charge in [0.05, 0.1) is 11.0 Å². The zero-order chi connectivity index (χ0) is 20.0. The van der Waals surface area contributed by atoms with E-state index in [9.17, 15) is 9.59 Å². The first kappa shape index (κ1) is 17.5. The number of carbonyl (C=O) groups excluding carboxylic acids is 1. The molecule has 3 heterocycles. The number of amides is 1. The highest BCUT2D eigenvalue weighted by atomic mass is 16.7. The summed E-state index contributed by atoms with van der Waals surface area (Å²) in [5.74, 6) is 1.63. The van der Waals surface area contributed by atoms with Crippen LogP contribution in [0.3, 0.4) is 0 Å². The molecule has 148 valence electrons. The quantitative estimate of drug-likeness (QED) is 0.660. The molecule has 0 aliphatic carbocycles. The lowest BCUT2D eigenvalue weighted by molar-refractivity contribution is 0.0746. The van der Waals surface area contributed by atoms with Gasteiger partial charge in [0.25, 0.3) is 11.5 Å². The van der Waals surface area contributed by atoms with Crippen LogP contribution in [0.4, 0.5) is 5.82 Å². The summed E-state index contributed by atoms with van der Waals surface area (Å²) in [6.07, 6.45) is 0. The number of aromatic nitrogens is 2. The Hall–Kier alpha value is -3.55. The van der Waals surface area contributed by atoms with Gasteiger partial charge in [-0.3, -0.25) is 9.59 Å². The van der Waals surface area contributed by atoms with E-state index in [-0.39, 0.29) is 18.3 Å². The minimum atomic E-state index is -0.126. The number of carbonyl (C=O) groups is 1. The Morgan fingerprint density at radius 3 is 2.59 bits per heavy atom. The van der Waals surface area contributed by atoms with Crippen molar-refractivity contribution in [2.24, 2.45) is 7.05 Å². The molecule has 1 aromatic heterocycles. The van der Waals surface area contributed by atoms with Gasteiger partial charge in [-0.1, -0.05) is 12.1 Å². The van der Waals surface area contributed by atoms with E-state index in [4.69, 9.17) is 9.47 Å². The fraction of sp³-hybridized carbons (Fsp3) is 0.286. The highest BCUT2D eigenvalue weighted by Gasteiger charge is 2.26. The molecule has 0 radical (unpaired) electrons. The van der Waals surface area contributed by atoms with Gasteiger partial charge in [-0.15, -0.1) is 0 Å². The van der Waals surface area contributed by atoms with Crippen LogP contribution >= 0.6 is 0 Å². The van der Waals surface area contributed by atoms with Crippen LogP contribution in [0.1, 0.15) is 10.4 Å². The van der Waals surface area contributed by atoms with Crippen LogP contribution in [-0.4, -0.2) is 53.3 Å². The van der Waals surface area contributed by atoms with Crippen LogP contribution in [0.5, 0.6) is 11.5 Å². The van der Waals surface area contributed by atoms with Gasteiger partial charge < -0.3 is 23.8 Å². The number of hydrogen-bond acceptors (Lipinski definition) is 6. The van der Waals surface area contributed by atoms with Crippen molar-refractivity contribution >= 4 is 22.8 Å². The van der Waals surface area contributed by atoms with Gasteiger partial charge in [-0.05, 0) is 30.3 Å². The van der Waals surface area contributed by atoms with Crippen molar-refractivity contribution in [2.45, 2.75) is 0 Å². The second-order valence-electron chi connectivity index (χ2n) is 7.14. The highest BCUT2D eigenvalue weighted by molar-refractivity contribution is 5.95. The van der Waals surface area contributed by atoms with Gasteiger partial charge >= 0.3 is 0 Å². The molecule has 0 spiro atoms. The number of fused-ring (bicyclic) bond motifs is 2. The number of benzene rings is 2. The van der Waals surface area contributed by atoms with Gasteiger partial charge in [0.15, 0.2) is 17.3 Å². The maximum absolute atomic E-state index is 12.9. The summed E-state index contributed by atoms with van der Waals surface area (Å²) >= 11 is 0. The van der Waals surface area contributed by atoms with Crippen LogP contribution in [0.2, 0.25) is 0 Å². The van der Waals surface area contributed by atoms with Crippen LogP contribution in [-0.2, 0) is 7.05 Å². The first-order valence-electron chi connectivity index (χ1n) is 9.51. The third-order valence-corrected chi connectivity index (χ3v) is 5.45. The van der Waals surface area contributed by atoms with E-state index in [0.29, 0.717) is 49.1 Å². The Kier molecular flexibility index (Phi) is 4.12. The van der Waals surface area contributed by atoms with Crippen LogP contribution < -0.4 is 19.9 Å². The lowest BCUT2D eigenvalue weighted by Gasteiger charge is -2.35. The summed E-state index contributed by atoms with van der Waals surface area (Å²) in [4.78, 5) is 34.0. The normalized spacial score (nSPS) is 15.8. The summed E-state index contributed by atoms with van der Waals surface area (Å²) in [5.41, 5.74) is 2.03. The predicted molar refractivity (Wildman–Crippen MR) is 108 cm³/mol. The van der Waals surface area contributed by atoms with E-state index in [2.05, 4.69) is 4.98 Å². The molecule has 1 fully saturated rings. The molecular formula is C21H20N4O4. The van der Waals surface area contributed by atoms with Gasteiger partial charge in [0, 0.05) is 38.8 Å². The topological polar surface area (TPSA) is 76.9 Å². The first-order chi connectivity index (χ1) is 14.1. The lowest BCUT2D eigenvalue weighted by Crippen LogP contribution is -2.50. The predicted octanol–water partition coefficient (Wildman–Crippen LogP) is 1.62. The second kappa shape index (κ2) is 6.80. The van der Waals surface area contributed by atoms with Gasteiger partial charge in [-0.2, -0.15) is 0 Å². The molecule has 29 heavy (non-hydrogen) atoms. The van der Waals surface area contributed by atoms with Crippen molar-refractivity contribution in [2.75, 3.05) is 37.9 Å². The molecule has 5 rings (SSSR count). The maximum atomic E-state index is 12.9. The number of nitrogens with zero attached hydrogens (tertiary/aromatic N) is 4. The van der Waals surface area contributed by atoms with Crippen molar-refractivity contribution in [3.05, 3.63) is 58.4 Å². The molecule has 0 atom stereocenters. The lowest BCUT2D eigenvalue weighted by atomic mass is 10.1. The third kappa shape index (κ3) is 2.97. The standard InChI is InChI=1S/C21H20N4O4/c1-23-16-5-3-2-4-15(16)22-19(21(23)27)24-8-10-25(11-9-24)20(26)14-6-7-17-18(12-14)29-13-28-17/h2-7,12H,8-11,13H2,1H3. The van der Waals surface area contributed by atoms with Crippen LogP contribution in [0, 0.1) is 0 Å². The SMILES string of the molecule is Cn1c(=O)c(N2CCN(C(=O)c3ccc4c(c3)OCO4)CC2)nc2ccccc21. The van der Waals surface area contributed by atoms with Crippen molar-refractivity contribution in [1.82, 2.24) is 14.5 Å². The van der Waals surface area contributed by atoms with Gasteiger partial charge in [-0.25, -0.2) is 4.98 Å². The Balaban J connectivity index is 1.34. The number of anilines is 1. The van der Waals surface area contributed by atoms with E-state index < -0.39 is 0 Å². The number of hydrogen-bond donors (Lipinski definition) is 0. The fourth-order valence-corrected chi connectivity index (χ4v) is 3.80. The zero-order valence-electron chi connectivity index (χ0n) is 16.0. The highest BCUT2D eigenvalue weighted by Crippen LogP contribution is 2.33. The molecule has 1 amide bonds. The number of aryl methyl sites for hydroxylation is 1. The van der Waals surface area contributed by atoms with Crippen LogP contribution in [0.25, 0.3) is 11.0 Å². The summed E-state index contributed by atoms with van der Waals surface area (Å²) in [7, 11) is 1.76. The fourth-order valence-electron chi connectivity index (χ4n) is 3.80. The summed E-state index contributed by atoms with van der Waals surface area (Å²) in [6.45, 7) is 2.32. The molecule has 2 aliphatic heterocycles. The van der Waals surface area contributed by atoms with Crippen molar-refractivity contribution in [3.63, 3.8) is 0 Å². The second-order valence-corrected chi connectivity index (χ2v) is 7.14. The number of para-hydroxylation sites is 2. The van der Waals surface area contributed by atoms with E-state index in [1.807, 2.05) is 29.2 Å². The Morgan fingerprint density at radius 1 is 1.00 bits per heavy atom. The molecule has 2 aromatic carbocycles. The largest absolute Gasteiger partial charge is 0.454 e. The number of ether oxygens (including phenoxy) is 2. The molecule has 0 unspecified atom stereocenters. The third-order valence-electron chi connectivity index (χ3n) is 5.45. The molecule has 0 saturated carbocycles. The minimum absolute atomic E-state index is 0.0534. The summed E-state index contributed by atoms with van der Waals surface area (Å²) in [5, 5.41) is 0. The average Bonchev–Trinajstić information content (AvgIpc) is 3.24. The molecule has 3 aromatic rings. The average molecular weight is 392 g/mol. The number of piperazine rings is 1.